The van der Waals surface area contributed by atoms with Gasteiger partial charge in [0.25, 0.3) is 5.56 Å². The summed E-state index contributed by atoms with van der Waals surface area (Å²) >= 11 is 1.23. The maximum atomic E-state index is 13.0. The van der Waals surface area contributed by atoms with Crippen molar-refractivity contribution in [1.29, 1.82) is 0 Å². The van der Waals surface area contributed by atoms with Crippen LogP contribution in [0.2, 0.25) is 0 Å². The summed E-state index contributed by atoms with van der Waals surface area (Å²) in [7, 11) is 0. The number of hydrogen-bond donors (Lipinski definition) is 1. The fourth-order valence-corrected chi connectivity index (χ4v) is 3.97. The highest BCUT2D eigenvalue weighted by molar-refractivity contribution is 7.17. The van der Waals surface area contributed by atoms with E-state index >= 15 is 0 Å². The molecule has 0 unspecified atom stereocenters. The zero-order chi connectivity index (χ0) is 21.8. The second-order valence-corrected chi connectivity index (χ2v) is 8.04. The first kappa shape index (κ1) is 21.5. The fourth-order valence-electron chi connectivity index (χ4n) is 3.12. The number of nitrogens with one attached hydrogen (secondary N) is 1. The number of anilines is 1. The Morgan fingerprint density at radius 1 is 1.13 bits per heavy atom. The van der Waals surface area contributed by atoms with Crippen LogP contribution in [-0.2, 0) is 22.6 Å². The van der Waals surface area contributed by atoms with Gasteiger partial charge in [-0.2, -0.15) is 0 Å². The monoisotopic (exact) mass is 429 g/mol. The van der Waals surface area contributed by atoms with Gasteiger partial charge in [0.1, 0.15) is 11.2 Å². The molecule has 0 radical (unpaired) electrons. The average molecular weight is 429 g/mol. The molecule has 2 aromatic heterocycles. The molecule has 3 rings (SSSR count). The van der Waals surface area contributed by atoms with Crippen molar-refractivity contribution in [3.8, 4) is 0 Å². The number of hydrogen-bond acceptors (Lipinski definition) is 6. The van der Waals surface area contributed by atoms with E-state index in [2.05, 4.69) is 5.32 Å². The maximum Gasteiger partial charge on any atom is 0.340 e. The largest absolute Gasteiger partial charge is 0.462 e. The van der Waals surface area contributed by atoms with Gasteiger partial charge in [-0.3, -0.25) is 18.7 Å². The van der Waals surface area contributed by atoms with Crippen LogP contribution < -0.4 is 16.6 Å². The molecular formula is C21H23N3O5S. The number of para-hydroxylation sites is 1. The summed E-state index contributed by atoms with van der Waals surface area (Å²) in [5, 5.41) is 4.39. The van der Waals surface area contributed by atoms with E-state index in [-0.39, 0.29) is 36.7 Å². The highest BCUT2D eigenvalue weighted by Gasteiger charge is 2.19. The summed E-state index contributed by atoms with van der Waals surface area (Å²) in [5.41, 5.74) is 0.0665. The molecule has 0 atom stereocenters. The maximum absolute atomic E-state index is 13.0. The van der Waals surface area contributed by atoms with Crippen molar-refractivity contribution in [3.05, 3.63) is 62.1 Å². The van der Waals surface area contributed by atoms with Gasteiger partial charge in [-0.15, -0.1) is 11.3 Å². The SMILES string of the molecule is CCOC(=O)c1ccccc1NC(=O)Cn1c(=O)n(CC(C)C)c(=O)c2sccc21. The van der Waals surface area contributed by atoms with E-state index < -0.39 is 17.6 Å². The Hall–Kier alpha value is -3.20. The number of esters is 1. The van der Waals surface area contributed by atoms with Crippen molar-refractivity contribution >= 4 is 39.1 Å². The Morgan fingerprint density at radius 2 is 1.87 bits per heavy atom. The van der Waals surface area contributed by atoms with Gasteiger partial charge >= 0.3 is 11.7 Å². The number of thiophene rings is 1. The van der Waals surface area contributed by atoms with Crippen molar-refractivity contribution in [1.82, 2.24) is 9.13 Å². The number of ether oxygens (including phenoxy) is 1. The zero-order valence-corrected chi connectivity index (χ0v) is 17.8. The first-order valence-electron chi connectivity index (χ1n) is 9.60. The van der Waals surface area contributed by atoms with Gasteiger partial charge in [0.2, 0.25) is 5.91 Å². The van der Waals surface area contributed by atoms with Crippen LogP contribution >= 0.6 is 11.3 Å². The summed E-state index contributed by atoms with van der Waals surface area (Å²) < 4.78 is 7.90. The molecule has 8 nitrogen and oxygen atoms in total. The number of benzene rings is 1. The lowest BCUT2D eigenvalue weighted by atomic mass is 10.2. The van der Waals surface area contributed by atoms with E-state index in [9.17, 15) is 19.2 Å². The number of amides is 1. The molecule has 0 spiro atoms. The molecule has 3 aromatic rings. The normalized spacial score (nSPS) is 11.1. The predicted octanol–water partition coefficient (Wildman–Crippen LogP) is 2.70. The first-order valence-corrected chi connectivity index (χ1v) is 10.5. The minimum Gasteiger partial charge on any atom is -0.462 e. The first-order chi connectivity index (χ1) is 14.3. The predicted molar refractivity (Wildman–Crippen MR) is 116 cm³/mol. The molecule has 0 bridgehead atoms. The number of aromatic nitrogens is 2. The number of carbonyl (C=O) groups excluding carboxylic acids is 2. The summed E-state index contributed by atoms with van der Waals surface area (Å²) in [6, 6.07) is 8.16. The number of rotatable bonds is 7. The van der Waals surface area contributed by atoms with Crippen molar-refractivity contribution in [2.75, 3.05) is 11.9 Å². The molecule has 1 amide bonds. The third-order valence-electron chi connectivity index (χ3n) is 4.38. The Labute approximate surface area is 176 Å². The van der Waals surface area contributed by atoms with Crippen LogP contribution in [-0.4, -0.2) is 27.6 Å². The summed E-state index contributed by atoms with van der Waals surface area (Å²) in [6.07, 6.45) is 0. The van der Waals surface area contributed by atoms with E-state index in [0.29, 0.717) is 15.9 Å². The molecular weight excluding hydrogens is 406 g/mol. The Balaban J connectivity index is 1.95. The highest BCUT2D eigenvalue weighted by Crippen LogP contribution is 2.18. The van der Waals surface area contributed by atoms with Gasteiger partial charge in [0.05, 0.1) is 23.4 Å². The fraction of sp³-hybridized carbons (Fsp3) is 0.333. The van der Waals surface area contributed by atoms with Crippen molar-refractivity contribution in [2.45, 2.75) is 33.9 Å². The van der Waals surface area contributed by atoms with E-state index in [0.717, 1.165) is 0 Å². The number of nitrogens with zero attached hydrogens (tertiary/aromatic N) is 2. The lowest BCUT2D eigenvalue weighted by molar-refractivity contribution is -0.116. The van der Waals surface area contributed by atoms with Crippen molar-refractivity contribution in [3.63, 3.8) is 0 Å². The minimum absolute atomic E-state index is 0.0894. The third kappa shape index (κ3) is 4.35. The lowest BCUT2D eigenvalue weighted by Crippen LogP contribution is -2.42. The quantitative estimate of drug-likeness (QED) is 0.582. The molecule has 0 aliphatic rings. The zero-order valence-electron chi connectivity index (χ0n) is 17.0. The molecule has 2 heterocycles. The van der Waals surface area contributed by atoms with Gasteiger partial charge in [0.15, 0.2) is 0 Å². The summed E-state index contributed by atoms with van der Waals surface area (Å²) in [6.45, 7) is 5.70. The van der Waals surface area contributed by atoms with Crippen LogP contribution in [0.4, 0.5) is 5.69 Å². The molecule has 0 saturated heterocycles. The van der Waals surface area contributed by atoms with Crippen LogP contribution in [0.1, 0.15) is 31.1 Å². The van der Waals surface area contributed by atoms with Crippen LogP contribution in [0, 0.1) is 5.92 Å². The molecule has 0 fully saturated rings. The van der Waals surface area contributed by atoms with Gasteiger partial charge in [-0.25, -0.2) is 9.59 Å². The van der Waals surface area contributed by atoms with Crippen molar-refractivity contribution < 1.29 is 14.3 Å². The van der Waals surface area contributed by atoms with E-state index in [1.165, 1.54) is 20.5 Å². The molecule has 30 heavy (non-hydrogen) atoms. The van der Waals surface area contributed by atoms with Gasteiger partial charge in [0, 0.05) is 6.54 Å². The molecule has 9 heteroatoms. The van der Waals surface area contributed by atoms with Gasteiger partial charge < -0.3 is 10.1 Å². The molecule has 0 aliphatic carbocycles. The van der Waals surface area contributed by atoms with Crippen LogP contribution in [0.15, 0.2) is 45.3 Å². The van der Waals surface area contributed by atoms with Crippen LogP contribution in [0.5, 0.6) is 0 Å². The van der Waals surface area contributed by atoms with E-state index in [1.807, 2.05) is 13.8 Å². The number of fused-ring (bicyclic) bond motifs is 1. The van der Waals surface area contributed by atoms with Gasteiger partial charge in [-0.05, 0) is 36.4 Å². The van der Waals surface area contributed by atoms with E-state index in [4.69, 9.17) is 4.74 Å². The molecule has 1 N–H and O–H groups in total. The Morgan fingerprint density at radius 3 is 2.57 bits per heavy atom. The smallest absolute Gasteiger partial charge is 0.340 e. The van der Waals surface area contributed by atoms with Crippen molar-refractivity contribution in [2.24, 2.45) is 5.92 Å². The third-order valence-corrected chi connectivity index (χ3v) is 5.27. The Kier molecular flexibility index (Phi) is 6.51. The summed E-state index contributed by atoms with van der Waals surface area (Å²) in [4.78, 5) is 50.5. The standard InChI is InChI=1S/C21H23N3O5S/c1-4-29-20(27)14-7-5-6-8-15(14)22-17(25)12-23-16-9-10-30-18(16)19(26)24(21(23)28)11-13(2)3/h5-10,13H,4,11-12H2,1-3H3,(H,22,25). The topological polar surface area (TPSA) is 99.4 Å². The molecule has 1 aromatic carbocycles. The number of carbonyl (C=O) groups is 2. The molecule has 158 valence electrons. The second-order valence-electron chi connectivity index (χ2n) is 7.13. The molecule has 0 saturated carbocycles. The second kappa shape index (κ2) is 9.08. The van der Waals surface area contributed by atoms with Crippen LogP contribution in [0.25, 0.3) is 10.2 Å². The minimum atomic E-state index is -0.545. The average Bonchev–Trinajstić information content (AvgIpc) is 3.19. The Bertz CT molecular complexity index is 1210. The van der Waals surface area contributed by atoms with E-state index in [1.54, 1.807) is 42.6 Å². The van der Waals surface area contributed by atoms with Gasteiger partial charge in [-0.1, -0.05) is 26.0 Å². The molecule has 0 aliphatic heterocycles. The summed E-state index contributed by atoms with van der Waals surface area (Å²) in [5.74, 6) is -0.945. The lowest BCUT2D eigenvalue weighted by Gasteiger charge is -2.14. The highest BCUT2D eigenvalue weighted by atomic mass is 32.1. The van der Waals surface area contributed by atoms with Crippen LogP contribution in [0.3, 0.4) is 0 Å².